The van der Waals surface area contributed by atoms with Gasteiger partial charge in [-0.1, -0.05) is 24.3 Å². The number of benzene rings is 2. The van der Waals surface area contributed by atoms with E-state index in [0.29, 0.717) is 24.3 Å². The van der Waals surface area contributed by atoms with E-state index >= 15 is 0 Å². The van der Waals surface area contributed by atoms with E-state index in [1.54, 1.807) is 0 Å². The third-order valence-corrected chi connectivity index (χ3v) is 6.69. The molecule has 36 heavy (non-hydrogen) atoms. The number of anilines is 1. The third-order valence-electron chi connectivity index (χ3n) is 6.69. The highest BCUT2D eigenvalue weighted by molar-refractivity contribution is 5.94. The second-order valence-electron chi connectivity index (χ2n) is 8.82. The smallest absolute Gasteiger partial charge is 0.411 e. The molecule has 2 aromatic rings. The van der Waals surface area contributed by atoms with Gasteiger partial charge in [0.1, 0.15) is 0 Å². The molecule has 0 aromatic heterocycles. The summed E-state index contributed by atoms with van der Waals surface area (Å²) in [4.78, 5) is 31.3. The highest BCUT2D eigenvalue weighted by Crippen LogP contribution is 2.31. The highest BCUT2D eigenvalue weighted by atomic mass is 16.5. The first kappa shape index (κ1) is 27.6. The van der Waals surface area contributed by atoms with E-state index in [4.69, 9.17) is 9.47 Å². The van der Waals surface area contributed by atoms with Gasteiger partial charge in [0.25, 0.3) is 5.91 Å². The Morgan fingerprint density at radius 1 is 0.972 bits per heavy atom. The maximum absolute atomic E-state index is 12.8. The molecule has 1 aliphatic rings. The van der Waals surface area contributed by atoms with E-state index in [9.17, 15) is 9.59 Å². The van der Waals surface area contributed by atoms with Crippen molar-refractivity contribution in [3.63, 3.8) is 0 Å². The second kappa shape index (κ2) is 14.0. The number of piperazine rings is 1. The summed E-state index contributed by atoms with van der Waals surface area (Å²) in [6.07, 6.45) is -0.495. The third kappa shape index (κ3) is 7.29. The van der Waals surface area contributed by atoms with E-state index in [2.05, 4.69) is 33.3 Å². The summed E-state index contributed by atoms with van der Waals surface area (Å²) < 4.78 is 10.3. The van der Waals surface area contributed by atoms with Gasteiger partial charge >= 0.3 is 6.09 Å². The van der Waals surface area contributed by atoms with Gasteiger partial charge in [0.15, 0.2) is 0 Å². The molecule has 0 unspecified atom stereocenters. The predicted octanol–water partition coefficient (Wildman–Crippen LogP) is 4.09. The van der Waals surface area contributed by atoms with Crippen molar-refractivity contribution in [3.05, 3.63) is 65.2 Å². The monoisotopic (exact) mass is 496 g/mol. The van der Waals surface area contributed by atoms with Gasteiger partial charge < -0.3 is 14.4 Å². The summed E-state index contributed by atoms with van der Waals surface area (Å²) in [6, 6.07) is 15.9. The number of amides is 2. The lowest BCUT2D eigenvalue weighted by molar-refractivity contribution is 0.0709. The molecule has 0 saturated carbocycles. The van der Waals surface area contributed by atoms with Crippen LogP contribution in [0.2, 0.25) is 0 Å². The van der Waals surface area contributed by atoms with Crippen molar-refractivity contribution in [2.75, 3.05) is 71.5 Å². The Hall–Kier alpha value is -2.94. The van der Waals surface area contributed by atoms with Crippen LogP contribution in [0, 0.1) is 0 Å². The van der Waals surface area contributed by atoms with Crippen LogP contribution in [0.4, 0.5) is 10.5 Å². The Morgan fingerprint density at radius 2 is 1.67 bits per heavy atom. The molecule has 2 amide bonds. The molecule has 8 nitrogen and oxygen atoms in total. The predicted molar refractivity (Wildman–Crippen MR) is 143 cm³/mol. The number of nitrogens with zero attached hydrogens (tertiary/aromatic N) is 3. The van der Waals surface area contributed by atoms with Crippen LogP contribution in [0.25, 0.3) is 0 Å². The molecule has 1 atom stereocenters. The van der Waals surface area contributed by atoms with Crippen LogP contribution in [-0.2, 0) is 9.47 Å². The summed E-state index contributed by atoms with van der Waals surface area (Å²) in [6.45, 7) is 13.6. The minimum Gasteiger partial charge on any atom is -0.453 e. The van der Waals surface area contributed by atoms with Gasteiger partial charge in [0.2, 0.25) is 0 Å². The Bertz CT molecular complexity index is 970. The fourth-order valence-corrected chi connectivity index (χ4v) is 4.65. The van der Waals surface area contributed by atoms with Crippen LogP contribution in [0.5, 0.6) is 0 Å². The average Bonchev–Trinajstić information content (AvgIpc) is 2.91. The number of methoxy groups -OCH3 is 1. The van der Waals surface area contributed by atoms with Crippen molar-refractivity contribution in [3.8, 4) is 0 Å². The Labute approximate surface area is 215 Å². The molecule has 0 radical (unpaired) electrons. The van der Waals surface area contributed by atoms with Gasteiger partial charge in [-0.25, -0.2) is 4.79 Å². The first-order valence-corrected chi connectivity index (χ1v) is 12.9. The molecule has 2 aromatic carbocycles. The summed E-state index contributed by atoms with van der Waals surface area (Å²) in [5.41, 5.74) is 3.58. The molecular weight excluding hydrogens is 456 g/mol. The van der Waals surface area contributed by atoms with E-state index < -0.39 is 6.09 Å². The summed E-state index contributed by atoms with van der Waals surface area (Å²) >= 11 is 0. The maximum Gasteiger partial charge on any atom is 0.411 e. The molecule has 1 aliphatic heterocycles. The zero-order valence-corrected chi connectivity index (χ0v) is 22.0. The van der Waals surface area contributed by atoms with Crippen molar-refractivity contribution in [2.45, 2.75) is 26.8 Å². The highest BCUT2D eigenvalue weighted by Gasteiger charge is 2.27. The number of nitrogens with one attached hydrogen (secondary N) is 1. The van der Waals surface area contributed by atoms with Gasteiger partial charge in [-0.15, -0.1) is 0 Å². The topological polar surface area (TPSA) is 74.4 Å². The first-order valence-electron chi connectivity index (χ1n) is 12.9. The fraction of sp³-hybridized carbons (Fsp3) is 0.500. The summed E-state index contributed by atoms with van der Waals surface area (Å²) in [7, 11) is 1.36. The molecule has 3 rings (SSSR count). The van der Waals surface area contributed by atoms with Crippen LogP contribution >= 0.6 is 0 Å². The number of hydrogen-bond donors (Lipinski definition) is 1. The standard InChI is InChI=1S/C28H40N4O4/c1-5-31(6-2)27(33)23-13-11-22(12-14-23)26(24-9-8-10-25(21-24)29-28(34)35-4)32-17-15-30(16-18-32)19-20-36-7-3/h8-14,21,26H,5-7,15-20H2,1-4H3,(H,29,34)/t26-/m1/s1. The van der Waals surface area contributed by atoms with Gasteiger partial charge in [-0.05, 0) is 56.2 Å². The van der Waals surface area contributed by atoms with Gasteiger partial charge in [-0.2, -0.15) is 0 Å². The first-order chi connectivity index (χ1) is 17.5. The van der Waals surface area contributed by atoms with E-state index in [1.807, 2.05) is 56.0 Å². The molecule has 1 fully saturated rings. The van der Waals surface area contributed by atoms with Crippen molar-refractivity contribution in [2.24, 2.45) is 0 Å². The minimum absolute atomic E-state index is 0.00366. The Morgan fingerprint density at radius 3 is 2.28 bits per heavy atom. The fourth-order valence-electron chi connectivity index (χ4n) is 4.65. The Balaban J connectivity index is 1.86. The molecule has 0 aliphatic carbocycles. The van der Waals surface area contributed by atoms with Crippen LogP contribution in [0.3, 0.4) is 0 Å². The molecule has 0 spiro atoms. The zero-order chi connectivity index (χ0) is 25.9. The number of carbonyl (C=O) groups is 2. The van der Waals surface area contributed by atoms with E-state index in [0.717, 1.165) is 57.1 Å². The summed E-state index contributed by atoms with van der Waals surface area (Å²) in [5, 5.41) is 2.77. The van der Waals surface area contributed by atoms with Crippen molar-refractivity contribution in [1.29, 1.82) is 0 Å². The number of ether oxygens (including phenoxy) is 2. The number of rotatable bonds is 11. The average molecular weight is 497 g/mol. The molecule has 8 heteroatoms. The SMILES string of the molecule is CCOCCN1CCN([C@H](c2ccc(C(=O)N(CC)CC)cc2)c2cccc(NC(=O)OC)c2)CC1. The number of hydrogen-bond acceptors (Lipinski definition) is 6. The van der Waals surface area contributed by atoms with Gasteiger partial charge in [0.05, 0.1) is 19.8 Å². The zero-order valence-electron chi connectivity index (χ0n) is 22.0. The lowest BCUT2D eigenvalue weighted by Crippen LogP contribution is -2.48. The van der Waals surface area contributed by atoms with E-state index in [1.165, 1.54) is 7.11 Å². The van der Waals surface area contributed by atoms with Crippen molar-refractivity contribution < 1.29 is 19.1 Å². The molecule has 1 heterocycles. The Kier molecular flexibility index (Phi) is 10.7. The lowest BCUT2D eigenvalue weighted by atomic mass is 9.95. The minimum atomic E-state index is -0.495. The second-order valence-corrected chi connectivity index (χ2v) is 8.82. The summed E-state index contributed by atoms with van der Waals surface area (Å²) in [5.74, 6) is 0.0512. The number of carbonyl (C=O) groups excluding carboxylic acids is 2. The van der Waals surface area contributed by atoms with Crippen molar-refractivity contribution >= 4 is 17.7 Å². The molecule has 196 valence electrons. The molecule has 1 saturated heterocycles. The van der Waals surface area contributed by atoms with Crippen LogP contribution in [0.15, 0.2) is 48.5 Å². The van der Waals surface area contributed by atoms with Crippen LogP contribution in [-0.4, -0.2) is 92.8 Å². The largest absolute Gasteiger partial charge is 0.453 e. The van der Waals surface area contributed by atoms with Crippen molar-refractivity contribution in [1.82, 2.24) is 14.7 Å². The van der Waals surface area contributed by atoms with Crippen LogP contribution < -0.4 is 5.32 Å². The molecular formula is C28H40N4O4. The van der Waals surface area contributed by atoms with Gasteiger partial charge in [0, 0.05) is 63.7 Å². The lowest BCUT2D eigenvalue weighted by Gasteiger charge is -2.40. The quantitative estimate of drug-likeness (QED) is 0.473. The maximum atomic E-state index is 12.8. The van der Waals surface area contributed by atoms with Gasteiger partial charge in [-0.3, -0.25) is 19.9 Å². The van der Waals surface area contributed by atoms with Crippen LogP contribution in [0.1, 0.15) is 48.3 Å². The molecule has 0 bridgehead atoms. The normalized spacial score (nSPS) is 15.3. The molecule has 1 N–H and O–H groups in total. The van der Waals surface area contributed by atoms with E-state index in [-0.39, 0.29) is 11.9 Å².